The summed E-state index contributed by atoms with van der Waals surface area (Å²) in [7, 11) is 0. The summed E-state index contributed by atoms with van der Waals surface area (Å²) >= 11 is 0. The van der Waals surface area contributed by atoms with Crippen LogP contribution in [0, 0.1) is 5.41 Å². The van der Waals surface area contributed by atoms with Gasteiger partial charge in [0.25, 0.3) is 0 Å². The normalized spacial score (nSPS) is 10.2. The van der Waals surface area contributed by atoms with Crippen LogP contribution in [0.25, 0.3) is 0 Å². The summed E-state index contributed by atoms with van der Waals surface area (Å²) in [5.74, 6) is -1.25. The molecule has 0 atom stereocenters. The molecule has 0 fully saturated rings. The van der Waals surface area contributed by atoms with Crippen molar-refractivity contribution >= 4 is 11.8 Å². The molecule has 0 heterocycles. The minimum absolute atomic E-state index is 0. The standard InChI is InChI=1S/C8H14O3.Cu/c1-4-8(2,3)6(9)5-7(10)11;/h4-5H2,1-3H3,(H,10,11);. The van der Waals surface area contributed by atoms with Gasteiger partial charge in [-0.2, -0.15) is 0 Å². The van der Waals surface area contributed by atoms with Crippen LogP contribution in [0.1, 0.15) is 33.6 Å². The van der Waals surface area contributed by atoms with Crippen LogP contribution in [0.2, 0.25) is 0 Å². The summed E-state index contributed by atoms with van der Waals surface area (Å²) in [4.78, 5) is 21.3. The fourth-order valence-electron chi connectivity index (χ4n) is 0.574. The van der Waals surface area contributed by atoms with E-state index in [9.17, 15) is 9.59 Å². The molecule has 0 aliphatic carbocycles. The first-order valence-corrected chi connectivity index (χ1v) is 3.65. The van der Waals surface area contributed by atoms with E-state index in [1.54, 1.807) is 13.8 Å². The number of ketones is 1. The van der Waals surface area contributed by atoms with Crippen LogP contribution >= 0.6 is 0 Å². The summed E-state index contributed by atoms with van der Waals surface area (Å²) < 4.78 is 0. The number of hydrogen-bond donors (Lipinski definition) is 1. The Bertz CT molecular complexity index is 175. The molecule has 0 saturated heterocycles. The van der Waals surface area contributed by atoms with Gasteiger partial charge in [0.05, 0.1) is 0 Å². The largest absolute Gasteiger partial charge is 0.481 e. The van der Waals surface area contributed by atoms with E-state index in [1.807, 2.05) is 6.92 Å². The molecule has 0 aliphatic heterocycles. The van der Waals surface area contributed by atoms with Gasteiger partial charge in [0.1, 0.15) is 12.2 Å². The SMILES string of the molecule is CCC(C)(C)C(=O)CC(=O)O.[Cu]. The number of carbonyl (C=O) groups excluding carboxylic acids is 1. The Kier molecular flexibility index (Phi) is 6.31. The van der Waals surface area contributed by atoms with E-state index in [0.717, 1.165) is 0 Å². The first-order chi connectivity index (χ1) is 4.90. The third-order valence-electron chi connectivity index (χ3n) is 1.95. The first-order valence-electron chi connectivity index (χ1n) is 3.65. The van der Waals surface area contributed by atoms with Crippen LogP contribution < -0.4 is 0 Å². The van der Waals surface area contributed by atoms with Crippen molar-refractivity contribution in [2.45, 2.75) is 33.6 Å². The monoisotopic (exact) mass is 221 g/mol. The molecule has 1 N–H and O–H groups in total. The molecule has 0 bridgehead atoms. The maximum absolute atomic E-state index is 11.1. The predicted octanol–water partition coefficient (Wildman–Crippen LogP) is 1.46. The van der Waals surface area contributed by atoms with Crippen molar-refractivity contribution in [3.05, 3.63) is 0 Å². The number of carboxylic acid groups (broad SMARTS) is 1. The molecule has 12 heavy (non-hydrogen) atoms. The van der Waals surface area contributed by atoms with Gasteiger partial charge < -0.3 is 5.11 Å². The van der Waals surface area contributed by atoms with E-state index >= 15 is 0 Å². The number of aliphatic carboxylic acids is 1. The average molecular weight is 222 g/mol. The number of Topliss-reactive ketones (excluding diaryl/α,β-unsaturated/α-hetero) is 1. The zero-order valence-electron chi connectivity index (χ0n) is 7.48. The molecule has 0 amide bonds. The van der Waals surface area contributed by atoms with Gasteiger partial charge in [-0.1, -0.05) is 20.8 Å². The van der Waals surface area contributed by atoms with Crippen molar-refractivity contribution in [1.82, 2.24) is 0 Å². The summed E-state index contributed by atoms with van der Waals surface area (Å²) in [6.07, 6.45) is 0.319. The summed E-state index contributed by atoms with van der Waals surface area (Å²) in [5.41, 5.74) is -0.488. The third kappa shape index (κ3) is 4.52. The molecule has 0 saturated carbocycles. The maximum atomic E-state index is 11.1. The second kappa shape index (κ2) is 5.33. The van der Waals surface area contributed by atoms with E-state index < -0.39 is 11.4 Å². The number of carboxylic acids is 1. The van der Waals surface area contributed by atoms with Crippen LogP contribution in [0.15, 0.2) is 0 Å². The fraction of sp³-hybridized carbons (Fsp3) is 0.750. The minimum atomic E-state index is -1.04. The van der Waals surface area contributed by atoms with Crippen molar-refractivity contribution in [2.75, 3.05) is 0 Å². The predicted molar refractivity (Wildman–Crippen MR) is 41.3 cm³/mol. The summed E-state index contributed by atoms with van der Waals surface area (Å²) in [6.45, 7) is 5.40. The summed E-state index contributed by atoms with van der Waals surface area (Å²) in [6, 6.07) is 0. The maximum Gasteiger partial charge on any atom is 0.310 e. The van der Waals surface area contributed by atoms with E-state index in [2.05, 4.69) is 0 Å². The van der Waals surface area contributed by atoms with E-state index in [0.29, 0.717) is 6.42 Å². The van der Waals surface area contributed by atoms with Crippen LogP contribution in [0.3, 0.4) is 0 Å². The quantitative estimate of drug-likeness (QED) is 0.578. The number of rotatable bonds is 4. The van der Waals surface area contributed by atoms with Gasteiger partial charge in [0, 0.05) is 22.5 Å². The molecule has 1 radical (unpaired) electrons. The van der Waals surface area contributed by atoms with Gasteiger partial charge >= 0.3 is 5.97 Å². The van der Waals surface area contributed by atoms with Gasteiger partial charge in [-0.3, -0.25) is 9.59 Å². The second-order valence-electron chi connectivity index (χ2n) is 3.23. The Labute approximate surface area is 83.0 Å². The topological polar surface area (TPSA) is 54.4 Å². The Hall–Kier alpha value is -0.341. The smallest absolute Gasteiger partial charge is 0.310 e. The van der Waals surface area contributed by atoms with Crippen LogP contribution in [0.5, 0.6) is 0 Å². The molecule has 0 aromatic rings. The Morgan fingerprint density at radius 3 is 2.00 bits per heavy atom. The van der Waals surface area contributed by atoms with Crippen molar-refractivity contribution in [1.29, 1.82) is 0 Å². The third-order valence-corrected chi connectivity index (χ3v) is 1.95. The van der Waals surface area contributed by atoms with Gasteiger partial charge in [0.15, 0.2) is 0 Å². The molecule has 0 unspecified atom stereocenters. The molecule has 4 heteroatoms. The fourth-order valence-corrected chi connectivity index (χ4v) is 0.574. The molecular formula is C8H14CuO3. The number of hydrogen-bond acceptors (Lipinski definition) is 2. The van der Waals surface area contributed by atoms with Gasteiger partial charge in [-0.05, 0) is 6.42 Å². The first kappa shape index (κ1) is 14.2. The average Bonchev–Trinajstić information content (AvgIpc) is 1.86. The van der Waals surface area contributed by atoms with Crippen LogP contribution in [-0.2, 0) is 26.7 Å². The molecule has 75 valence electrons. The van der Waals surface area contributed by atoms with Crippen molar-refractivity contribution in [3.8, 4) is 0 Å². The molecule has 0 rings (SSSR count). The van der Waals surface area contributed by atoms with Gasteiger partial charge in [0.2, 0.25) is 0 Å². The molecule has 0 spiro atoms. The van der Waals surface area contributed by atoms with Crippen molar-refractivity contribution in [2.24, 2.45) is 5.41 Å². The van der Waals surface area contributed by atoms with Crippen molar-refractivity contribution in [3.63, 3.8) is 0 Å². The zero-order chi connectivity index (χ0) is 9.07. The minimum Gasteiger partial charge on any atom is -0.481 e. The Morgan fingerprint density at radius 2 is 1.75 bits per heavy atom. The summed E-state index contributed by atoms with van der Waals surface area (Å²) in [5, 5.41) is 8.32. The number of carbonyl (C=O) groups is 2. The molecule has 0 aromatic carbocycles. The Morgan fingerprint density at radius 1 is 1.33 bits per heavy atom. The molecule has 3 nitrogen and oxygen atoms in total. The van der Waals surface area contributed by atoms with Gasteiger partial charge in [-0.15, -0.1) is 0 Å². The van der Waals surface area contributed by atoms with E-state index in [4.69, 9.17) is 5.11 Å². The van der Waals surface area contributed by atoms with Crippen LogP contribution in [-0.4, -0.2) is 16.9 Å². The van der Waals surface area contributed by atoms with Crippen molar-refractivity contribution < 1.29 is 31.8 Å². The van der Waals surface area contributed by atoms with Gasteiger partial charge in [-0.25, -0.2) is 0 Å². The Balaban J connectivity index is 0. The van der Waals surface area contributed by atoms with Crippen LogP contribution in [0.4, 0.5) is 0 Å². The molecular weight excluding hydrogens is 208 g/mol. The van der Waals surface area contributed by atoms with E-state index in [1.165, 1.54) is 0 Å². The molecule has 0 aromatic heterocycles. The molecule has 0 aliphatic rings. The van der Waals surface area contributed by atoms with E-state index in [-0.39, 0.29) is 29.3 Å². The zero-order valence-corrected chi connectivity index (χ0v) is 8.42. The second-order valence-corrected chi connectivity index (χ2v) is 3.23.